The average molecular weight is 384 g/mol. The first kappa shape index (κ1) is 19.2. The number of aryl methyl sites for hydroxylation is 2. The van der Waals surface area contributed by atoms with Gasteiger partial charge in [-0.15, -0.1) is 0 Å². The Morgan fingerprint density at radius 1 is 1.29 bits per heavy atom. The zero-order chi connectivity index (χ0) is 20.3. The van der Waals surface area contributed by atoms with Crippen molar-refractivity contribution in [1.82, 2.24) is 14.7 Å². The third kappa shape index (κ3) is 3.88. The van der Waals surface area contributed by atoms with Gasteiger partial charge in [-0.1, -0.05) is 5.16 Å². The van der Waals surface area contributed by atoms with Crippen LogP contribution < -0.4 is 15.7 Å². The van der Waals surface area contributed by atoms with Gasteiger partial charge >= 0.3 is 11.7 Å². The van der Waals surface area contributed by atoms with E-state index in [0.29, 0.717) is 23.6 Å². The molecule has 0 atom stereocenters. The molecular weight excluding hydrogens is 364 g/mol. The minimum atomic E-state index is -1.17. The van der Waals surface area contributed by atoms with Gasteiger partial charge in [0.1, 0.15) is 5.75 Å². The first-order valence-electron chi connectivity index (χ1n) is 8.57. The molecule has 146 valence electrons. The summed E-state index contributed by atoms with van der Waals surface area (Å²) in [5, 5.41) is 16.4. The van der Waals surface area contributed by atoms with Crippen LogP contribution in [0.25, 0.3) is 11.3 Å². The number of nitrogens with one attached hydrogen (secondary N) is 1. The molecule has 0 amide bonds. The molecule has 9 nitrogen and oxygen atoms in total. The third-order valence-corrected chi connectivity index (χ3v) is 4.23. The molecular formula is C19H20N4O5. The third-order valence-electron chi connectivity index (χ3n) is 4.23. The van der Waals surface area contributed by atoms with Crippen LogP contribution in [0.5, 0.6) is 5.75 Å². The number of carboxylic acid groups (broad SMARTS) is 1. The van der Waals surface area contributed by atoms with Crippen molar-refractivity contribution in [3.05, 3.63) is 57.8 Å². The lowest BCUT2D eigenvalue weighted by Gasteiger charge is -2.10. The van der Waals surface area contributed by atoms with Gasteiger partial charge in [-0.2, -0.15) is 4.98 Å². The maximum Gasteiger partial charge on any atom is 0.348 e. The second-order valence-corrected chi connectivity index (χ2v) is 6.17. The van der Waals surface area contributed by atoms with Crippen LogP contribution in [-0.4, -0.2) is 39.4 Å². The Kier molecular flexibility index (Phi) is 5.44. The van der Waals surface area contributed by atoms with E-state index in [-0.39, 0.29) is 29.4 Å². The number of hydrogen-bond acceptors (Lipinski definition) is 7. The maximum atomic E-state index is 12.0. The largest absolute Gasteiger partial charge is 0.497 e. The fourth-order valence-corrected chi connectivity index (χ4v) is 2.88. The monoisotopic (exact) mass is 384 g/mol. The normalized spacial score (nSPS) is 10.7. The molecule has 1 aromatic carbocycles. The van der Waals surface area contributed by atoms with Crippen LogP contribution in [0.1, 0.15) is 21.7 Å². The fourth-order valence-electron chi connectivity index (χ4n) is 2.88. The molecule has 0 saturated heterocycles. The van der Waals surface area contributed by atoms with E-state index in [1.54, 1.807) is 38.3 Å². The van der Waals surface area contributed by atoms with Gasteiger partial charge in [0.05, 0.1) is 7.11 Å². The Balaban J connectivity index is 1.80. The van der Waals surface area contributed by atoms with Crippen molar-refractivity contribution in [1.29, 1.82) is 0 Å². The molecule has 9 heteroatoms. The Morgan fingerprint density at radius 3 is 2.61 bits per heavy atom. The molecule has 0 aliphatic carbocycles. The smallest absolute Gasteiger partial charge is 0.348 e. The highest BCUT2D eigenvalue weighted by Gasteiger charge is 2.23. The fraction of sp³-hybridized carbons (Fsp3) is 0.263. The minimum absolute atomic E-state index is 0.0729. The molecule has 0 radical (unpaired) electrons. The van der Waals surface area contributed by atoms with Crippen molar-refractivity contribution < 1.29 is 19.2 Å². The van der Waals surface area contributed by atoms with Crippen molar-refractivity contribution in [2.75, 3.05) is 19.0 Å². The molecule has 2 N–H and O–H groups in total. The number of nitrogens with zero attached hydrogens (tertiary/aromatic N) is 3. The van der Waals surface area contributed by atoms with Crippen molar-refractivity contribution in [2.24, 2.45) is 0 Å². The lowest BCUT2D eigenvalue weighted by Crippen LogP contribution is -2.28. The molecule has 0 bridgehead atoms. The predicted octanol–water partition coefficient (Wildman–Crippen LogP) is 2.33. The standard InChI is InChI=1S/C19H20N4O5/c1-11-10-12(2)23(19(26)21-11)9-8-20-17-15(18(24)25)16(28-22-17)13-4-6-14(27-3)7-5-13/h4-7,10H,8-9H2,1-3H3,(H,20,22)(H,24,25). The molecule has 2 aromatic heterocycles. The highest BCUT2D eigenvalue weighted by molar-refractivity contribution is 5.99. The zero-order valence-electron chi connectivity index (χ0n) is 15.7. The Morgan fingerprint density at radius 2 is 2.00 bits per heavy atom. The number of aromatic carboxylic acids is 1. The molecule has 0 spiro atoms. The highest BCUT2D eigenvalue weighted by Crippen LogP contribution is 2.30. The van der Waals surface area contributed by atoms with E-state index in [0.717, 1.165) is 5.69 Å². The molecule has 0 saturated carbocycles. The SMILES string of the molecule is COc1ccc(-c2onc(NCCn3c(C)cc(C)nc3=O)c2C(=O)O)cc1. The quantitative estimate of drug-likeness (QED) is 0.637. The van der Waals surface area contributed by atoms with E-state index in [2.05, 4.69) is 15.5 Å². The molecule has 0 unspecified atom stereocenters. The summed E-state index contributed by atoms with van der Waals surface area (Å²) in [5.41, 5.74) is 1.57. The van der Waals surface area contributed by atoms with Crippen molar-refractivity contribution in [3.63, 3.8) is 0 Å². The van der Waals surface area contributed by atoms with Crippen molar-refractivity contribution >= 4 is 11.8 Å². The van der Waals surface area contributed by atoms with Crippen LogP contribution in [0, 0.1) is 13.8 Å². The number of carbonyl (C=O) groups is 1. The van der Waals surface area contributed by atoms with Crippen LogP contribution in [0.2, 0.25) is 0 Å². The second-order valence-electron chi connectivity index (χ2n) is 6.17. The lowest BCUT2D eigenvalue weighted by molar-refractivity contribution is 0.0698. The summed E-state index contributed by atoms with van der Waals surface area (Å²) in [6, 6.07) is 8.60. The Bertz CT molecular complexity index is 1050. The zero-order valence-corrected chi connectivity index (χ0v) is 15.7. The Hall–Kier alpha value is -3.62. The van der Waals surface area contributed by atoms with Crippen LogP contribution in [0.15, 0.2) is 39.6 Å². The van der Waals surface area contributed by atoms with E-state index < -0.39 is 5.97 Å². The minimum Gasteiger partial charge on any atom is -0.497 e. The van der Waals surface area contributed by atoms with Crippen LogP contribution in [0.4, 0.5) is 5.82 Å². The van der Waals surface area contributed by atoms with Gasteiger partial charge in [-0.05, 0) is 44.2 Å². The first-order valence-corrected chi connectivity index (χ1v) is 8.57. The van der Waals surface area contributed by atoms with E-state index in [1.165, 1.54) is 4.57 Å². The van der Waals surface area contributed by atoms with E-state index in [1.807, 2.05) is 13.0 Å². The Labute approximate surface area is 160 Å². The average Bonchev–Trinajstić information content (AvgIpc) is 3.08. The topological polar surface area (TPSA) is 119 Å². The molecule has 0 aliphatic rings. The van der Waals surface area contributed by atoms with Crippen LogP contribution in [-0.2, 0) is 6.54 Å². The number of methoxy groups -OCH3 is 1. The van der Waals surface area contributed by atoms with Crippen LogP contribution >= 0.6 is 0 Å². The number of aromatic nitrogens is 3. The number of carboxylic acids is 1. The van der Waals surface area contributed by atoms with Gasteiger partial charge in [0.25, 0.3) is 0 Å². The molecule has 3 rings (SSSR count). The molecule has 3 aromatic rings. The second kappa shape index (κ2) is 7.95. The van der Waals surface area contributed by atoms with Gasteiger partial charge in [-0.3, -0.25) is 4.57 Å². The number of anilines is 1. The van der Waals surface area contributed by atoms with Gasteiger partial charge in [0.15, 0.2) is 17.1 Å². The number of benzene rings is 1. The highest BCUT2D eigenvalue weighted by atomic mass is 16.5. The summed E-state index contributed by atoms with van der Waals surface area (Å²) in [6.45, 7) is 4.16. The molecule has 0 aliphatic heterocycles. The summed E-state index contributed by atoms with van der Waals surface area (Å²) in [5.74, 6) is -0.280. The summed E-state index contributed by atoms with van der Waals surface area (Å²) in [7, 11) is 1.55. The van der Waals surface area contributed by atoms with Crippen molar-refractivity contribution in [3.8, 4) is 17.1 Å². The van der Waals surface area contributed by atoms with Gasteiger partial charge in [-0.25, -0.2) is 9.59 Å². The molecule has 2 heterocycles. The first-order chi connectivity index (χ1) is 13.4. The van der Waals surface area contributed by atoms with Gasteiger partial charge in [0.2, 0.25) is 0 Å². The predicted molar refractivity (Wildman–Crippen MR) is 102 cm³/mol. The summed E-state index contributed by atoms with van der Waals surface area (Å²) >= 11 is 0. The van der Waals surface area contributed by atoms with E-state index in [4.69, 9.17) is 9.26 Å². The van der Waals surface area contributed by atoms with E-state index >= 15 is 0 Å². The molecule has 0 fully saturated rings. The number of hydrogen-bond donors (Lipinski definition) is 2. The number of rotatable bonds is 7. The van der Waals surface area contributed by atoms with Gasteiger partial charge < -0.3 is 19.7 Å². The van der Waals surface area contributed by atoms with Crippen molar-refractivity contribution in [2.45, 2.75) is 20.4 Å². The maximum absolute atomic E-state index is 12.0. The summed E-state index contributed by atoms with van der Waals surface area (Å²) in [6.07, 6.45) is 0. The van der Waals surface area contributed by atoms with Gasteiger partial charge in [0, 0.05) is 30.0 Å². The van der Waals surface area contributed by atoms with Crippen LogP contribution in [0.3, 0.4) is 0 Å². The molecule has 28 heavy (non-hydrogen) atoms. The lowest BCUT2D eigenvalue weighted by atomic mass is 10.1. The summed E-state index contributed by atoms with van der Waals surface area (Å²) < 4.78 is 11.9. The summed E-state index contributed by atoms with van der Waals surface area (Å²) in [4.78, 5) is 27.7. The van der Waals surface area contributed by atoms with E-state index in [9.17, 15) is 14.7 Å². The number of ether oxygens (including phenoxy) is 1.